The first kappa shape index (κ1) is 27.9. The number of amidine groups is 1. The van der Waals surface area contributed by atoms with Crippen LogP contribution in [0.25, 0.3) is 5.69 Å². The third kappa shape index (κ3) is 6.53. The standard InChI is InChI=1S/C24H31N6O6P/c1-16(2)35-37(34,36-17(3)4)24(27-26-19-12-14-21(15-13-19)30(32)33)25-22-18(5)28(6)29(23(22)31)20-10-8-7-9-11-20/h7-17,26H,1-6H3,(H,25,27). The zero-order valence-electron chi connectivity index (χ0n) is 21.5. The van der Waals surface area contributed by atoms with Gasteiger partial charge in [-0.25, -0.2) is 9.67 Å². The van der Waals surface area contributed by atoms with Gasteiger partial charge in [0, 0.05) is 19.2 Å². The normalized spacial score (nSPS) is 12.3. The first-order valence-corrected chi connectivity index (χ1v) is 13.1. The molecule has 0 radical (unpaired) electrons. The number of benzene rings is 2. The van der Waals surface area contributed by atoms with E-state index >= 15 is 0 Å². The summed E-state index contributed by atoms with van der Waals surface area (Å²) in [6.45, 7) is 8.53. The SMILES string of the molecule is Cc1c(N=C(NNc2ccc([N+](=O)[O-])cc2)P(=O)(OC(C)C)OC(C)C)c(=O)n(-c2ccccc2)n1C. The van der Waals surface area contributed by atoms with E-state index in [0.29, 0.717) is 17.1 Å². The van der Waals surface area contributed by atoms with E-state index in [1.807, 2.05) is 18.2 Å². The average molecular weight is 531 g/mol. The maximum Gasteiger partial charge on any atom is 0.398 e. The van der Waals surface area contributed by atoms with E-state index in [9.17, 15) is 19.5 Å². The number of nitro benzene ring substituents is 1. The minimum absolute atomic E-state index is 0.0410. The van der Waals surface area contributed by atoms with E-state index in [1.54, 1.807) is 58.5 Å². The van der Waals surface area contributed by atoms with Crippen molar-refractivity contribution < 1.29 is 18.5 Å². The van der Waals surface area contributed by atoms with Crippen molar-refractivity contribution in [2.45, 2.75) is 46.8 Å². The lowest BCUT2D eigenvalue weighted by atomic mass is 10.3. The molecule has 0 fully saturated rings. The molecule has 3 aromatic rings. The van der Waals surface area contributed by atoms with Crippen molar-refractivity contribution in [1.82, 2.24) is 14.8 Å². The fraction of sp³-hybridized carbons (Fsp3) is 0.333. The molecular formula is C24H31N6O6P. The smallest absolute Gasteiger partial charge is 0.300 e. The highest BCUT2D eigenvalue weighted by molar-refractivity contribution is 7.72. The van der Waals surface area contributed by atoms with Crippen molar-refractivity contribution in [3.8, 4) is 5.69 Å². The zero-order valence-corrected chi connectivity index (χ0v) is 22.4. The van der Waals surface area contributed by atoms with Crippen LogP contribution in [-0.2, 0) is 20.7 Å². The van der Waals surface area contributed by atoms with Gasteiger partial charge in [-0.1, -0.05) is 18.2 Å². The summed E-state index contributed by atoms with van der Waals surface area (Å²) in [5, 5.41) is 11.0. The average Bonchev–Trinajstić information content (AvgIpc) is 3.04. The Morgan fingerprint density at radius 2 is 1.59 bits per heavy atom. The summed E-state index contributed by atoms with van der Waals surface area (Å²) >= 11 is 0. The molecule has 0 aliphatic rings. The molecule has 0 unspecified atom stereocenters. The summed E-state index contributed by atoms with van der Waals surface area (Å²) in [5.41, 5.74) is 6.46. The predicted molar refractivity (Wildman–Crippen MR) is 143 cm³/mol. The monoisotopic (exact) mass is 530 g/mol. The van der Waals surface area contributed by atoms with Gasteiger partial charge in [0.1, 0.15) is 0 Å². The fourth-order valence-electron chi connectivity index (χ4n) is 3.42. The van der Waals surface area contributed by atoms with E-state index in [0.717, 1.165) is 0 Å². The second kappa shape index (κ2) is 11.5. The molecule has 0 bridgehead atoms. The molecule has 0 atom stereocenters. The van der Waals surface area contributed by atoms with Gasteiger partial charge < -0.3 is 9.05 Å². The highest BCUT2D eigenvalue weighted by atomic mass is 31.2. The lowest BCUT2D eigenvalue weighted by molar-refractivity contribution is -0.384. The van der Waals surface area contributed by atoms with Gasteiger partial charge >= 0.3 is 7.60 Å². The number of nitro groups is 1. The van der Waals surface area contributed by atoms with Crippen molar-refractivity contribution in [1.29, 1.82) is 0 Å². The van der Waals surface area contributed by atoms with Crippen LogP contribution in [0, 0.1) is 17.0 Å². The molecule has 37 heavy (non-hydrogen) atoms. The van der Waals surface area contributed by atoms with Gasteiger partial charge in [-0.3, -0.25) is 35.0 Å². The quantitative estimate of drug-likeness (QED) is 0.122. The Morgan fingerprint density at radius 1 is 1.03 bits per heavy atom. The van der Waals surface area contributed by atoms with E-state index in [2.05, 4.69) is 15.8 Å². The number of rotatable bonds is 10. The lowest BCUT2D eigenvalue weighted by Crippen LogP contribution is -2.32. The number of aliphatic imine (C=N–C) groups is 1. The lowest BCUT2D eigenvalue weighted by Gasteiger charge is -2.24. The van der Waals surface area contributed by atoms with Gasteiger partial charge in [0.2, 0.25) is 5.58 Å². The van der Waals surface area contributed by atoms with Gasteiger partial charge in [0.15, 0.2) is 5.69 Å². The summed E-state index contributed by atoms with van der Waals surface area (Å²) in [5.74, 6) is 0. The fourth-order valence-corrected chi connectivity index (χ4v) is 5.20. The number of hydrogen-bond acceptors (Lipinski definition) is 8. The van der Waals surface area contributed by atoms with Crippen LogP contribution < -0.4 is 16.4 Å². The molecule has 0 saturated heterocycles. The van der Waals surface area contributed by atoms with Gasteiger partial charge in [0.25, 0.3) is 11.2 Å². The molecule has 12 nitrogen and oxygen atoms in total. The number of non-ortho nitro benzene ring substituents is 1. The number of nitrogens with one attached hydrogen (secondary N) is 2. The Morgan fingerprint density at radius 3 is 2.11 bits per heavy atom. The van der Waals surface area contributed by atoms with E-state index < -0.39 is 30.3 Å². The molecule has 198 valence electrons. The highest BCUT2D eigenvalue weighted by Gasteiger charge is 2.36. The molecule has 3 rings (SSSR count). The summed E-state index contributed by atoms with van der Waals surface area (Å²) in [7, 11) is -2.35. The molecular weight excluding hydrogens is 499 g/mol. The minimum Gasteiger partial charge on any atom is -0.300 e. The first-order valence-electron chi connectivity index (χ1n) is 11.6. The third-order valence-electron chi connectivity index (χ3n) is 5.10. The van der Waals surface area contributed by atoms with Gasteiger partial charge in [-0.05, 0) is 58.9 Å². The summed E-state index contributed by atoms with van der Waals surface area (Å²) < 4.78 is 28.5. The van der Waals surface area contributed by atoms with Crippen LogP contribution in [-0.4, -0.2) is 32.1 Å². The Bertz CT molecular complexity index is 1370. The number of aromatic nitrogens is 2. The van der Waals surface area contributed by atoms with Crippen molar-refractivity contribution in [3.63, 3.8) is 0 Å². The minimum atomic E-state index is -4.08. The summed E-state index contributed by atoms with van der Waals surface area (Å²) in [4.78, 5) is 28.4. The van der Waals surface area contributed by atoms with Crippen molar-refractivity contribution in [3.05, 3.63) is 80.8 Å². The molecule has 1 aromatic heterocycles. The summed E-state index contributed by atoms with van der Waals surface area (Å²) in [6, 6.07) is 14.6. The summed E-state index contributed by atoms with van der Waals surface area (Å²) in [6.07, 6.45) is -0.984. The molecule has 0 spiro atoms. The number of hydrazine groups is 1. The van der Waals surface area contributed by atoms with Crippen molar-refractivity contribution in [2.24, 2.45) is 12.0 Å². The van der Waals surface area contributed by atoms with E-state index in [1.165, 1.54) is 28.9 Å². The first-order chi connectivity index (χ1) is 17.4. The Labute approximate surface area is 214 Å². The second-order valence-corrected chi connectivity index (χ2v) is 10.5. The van der Waals surface area contributed by atoms with Crippen LogP contribution in [0.5, 0.6) is 0 Å². The van der Waals surface area contributed by atoms with E-state index in [-0.39, 0.29) is 17.0 Å². The maximum atomic E-state index is 14.0. The molecule has 2 N–H and O–H groups in total. The third-order valence-corrected chi connectivity index (χ3v) is 7.23. The van der Waals surface area contributed by atoms with Gasteiger partial charge in [-0.2, -0.15) is 0 Å². The van der Waals surface area contributed by atoms with Crippen LogP contribution in [0.4, 0.5) is 17.1 Å². The molecule has 2 aromatic carbocycles. The number of nitrogens with zero attached hydrogens (tertiary/aromatic N) is 4. The molecule has 0 saturated carbocycles. The predicted octanol–water partition coefficient (Wildman–Crippen LogP) is 5.04. The number of para-hydroxylation sites is 1. The van der Waals surface area contributed by atoms with E-state index in [4.69, 9.17) is 9.05 Å². The maximum absolute atomic E-state index is 14.0. The molecule has 0 aliphatic carbocycles. The molecule has 1 heterocycles. The van der Waals surface area contributed by atoms with Crippen molar-refractivity contribution >= 4 is 30.2 Å². The second-order valence-electron chi connectivity index (χ2n) is 8.71. The Kier molecular flexibility index (Phi) is 8.69. The topological polar surface area (TPSA) is 142 Å². The zero-order chi connectivity index (χ0) is 27.3. The molecule has 0 aliphatic heterocycles. The number of hydrogen-bond donors (Lipinski definition) is 2. The Balaban J connectivity index is 2.12. The van der Waals surface area contributed by atoms with Gasteiger partial charge in [0.05, 0.1) is 34.2 Å². The molecule has 13 heteroatoms. The highest BCUT2D eigenvalue weighted by Crippen LogP contribution is 2.51. The van der Waals surface area contributed by atoms with Gasteiger partial charge in [-0.15, -0.1) is 0 Å². The van der Waals surface area contributed by atoms with Crippen LogP contribution in [0.15, 0.2) is 64.4 Å². The number of anilines is 1. The molecule has 0 amide bonds. The van der Waals surface area contributed by atoms with Crippen LogP contribution in [0.3, 0.4) is 0 Å². The van der Waals surface area contributed by atoms with Crippen LogP contribution >= 0.6 is 7.60 Å². The van der Waals surface area contributed by atoms with Crippen LogP contribution in [0.2, 0.25) is 0 Å². The van der Waals surface area contributed by atoms with Crippen LogP contribution in [0.1, 0.15) is 33.4 Å². The Hall–Kier alpha value is -3.73. The largest absolute Gasteiger partial charge is 0.398 e. The van der Waals surface area contributed by atoms with Crippen molar-refractivity contribution in [2.75, 3.05) is 5.43 Å².